The van der Waals surface area contributed by atoms with E-state index in [1.807, 2.05) is 51.1 Å². The summed E-state index contributed by atoms with van der Waals surface area (Å²) < 4.78 is 5.23. The Morgan fingerprint density at radius 1 is 1.16 bits per heavy atom. The minimum atomic E-state index is -0.489. The van der Waals surface area contributed by atoms with E-state index in [1.165, 1.54) is 10.9 Å². The average molecular weight is 257 g/mol. The summed E-state index contributed by atoms with van der Waals surface area (Å²) in [6.45, 7) is 7.60. The molecule has 0 aliphatic heterocycles. The van der Waals surface area contributed by atoms with Crippen molar-refractivity contribution in [2.24, 2.45) is 0 Å². The van der Waals surface area contributed by atoms with Gasteiger partial charge in [0.25, 0.3) is 0 Å². The molecule has 0 spiro atoms. The molecule has 0 fully saturated rings. The molecule has 1 N–H and O–H groups in total. The molecule has 3 heteroatoms. The highest BCUT2D eigenvalue weighted by Crippen LogP contribution is 2.22. The lowest BCUT2D eigenvalue weighted by Gasteiger charge is -2.19. The maximum atomic E-state index is 11.7. The molecule has 100 valence electrons. The Morgan fingerprint density at radius 2 is 1.89 bits per heavy atom. The lowest BCUT2D eigenvalue weighted by Crippen LogP contribution is -2.27. The fourth-order valence-electron chi connectivity index (χ4n) is 1.94. The SMILES string of the molecule is Cc1cccc2cc(NC(=O)OC(C)(C)C)ccc12. The quantitative estimate of drug-likeness (QED) is 0.817. The van der Waals surface area contributed by atoms with Crippen molar-refractivity contribution >= 4 is 22.6 Å². The number of carbonyl (C=O) groups excluding carboxylic acids is 1. The van der Waals surface area contributed by atoms with E-state index < -0.39 is 11.7 Å². The van der Waals surface area contributed by atoms with Gasteiger partial charge in [-0.05, 0) is 56.2 Å². The second kappa shape index (κ2) is 4.92. The number of aryl methyl sites for hydroxylation is 1. The summed E-state index contributed by atoms with van der Waals surface area (Å²) in [5.41, 5.74) is 1.48. The zero-order valence-corrected chi connectivity index (χ0v) is 11.8. The summed E-state index contributed by atoms with van der Waals surface area (Å²) in [6, 6.07) is 12.0. The van der Waals surface area contributed by atoms with Crippen LogP contribution in [0.1, 0.15) is 26.3 Å². The largest absolute Gasteiger partial charge is 0.444 e. The number of ether oxygens (including phenoxy) is 1. The number of rotatable bonds is 1. The summed E-state index contributed by atoms with van der Waals surface area (Å²) >= 11 is 0. The van der Waals surface area contributed by atoms with Crippen molar-refractivity contribution in [1.82, 2.24) is 0 Å². The molecule has 0 radical (unpaired) electrons. The normalized spacial score (nSPS) is 11.4. The number of hydrogen-bond acceptors (Lipinski definition) is 2. The monoisotopic (exact) mass is 257 g/mol. The highest BCUT2D eigenvalue weighted by atomic mass is 16.6. The van der Waals surface area contributed by atoms with Gasteiger partial charge in [-0.25, -0.2) is 4.79 Å². The average Bonchev–Trinajstić information content (AvgIpc) is 2.26. The Balaban J connectivity index is 2.20. The Labute approximate surface area is 113 Å². The minimum absolute atomic E-state index is 0.431. The molecule has 0 aliphatic carbocycles. The van der Waals surface area contributed by atoms with E-state index in [2.05, 4.69) is 18.3 Å². The minimum Gasteiger partial charge on any atom is -0.444 e. The Bertz CT molecular complexity index is 612. The van der Waals surface area contributed by atoms with Crippen molar-refractivity contribution in [3.8, 4) is 0 Å². The van der Waals surface area contributed by atoms with Crippen molar-refractivity contribution in [3.63, 3.8) is 0 Å². The molecule has 2 rings (SSSR count). The molecule has 0 saturated carbocycles. The number of hydrogen-bond donors (Lipinski definition) is 1. The highest BCUT2D eigenvalue weighted by Gasteiger charge is 2.16. The van der Waals surface area contributed by atoms with Crippen LogP contribution in [0.4, 0.5) is 10.5 Å². The summed E-state index contributed by atoms with van der Waals surface area (Å²) in [4.78, 5) is 11.7. The van der Waals surface area contributed by atoms with Crippen LogP contribution in [0.3, 0.4) is 0 Å². The fourth-order valence-corrected chi connectivity index (χ4v) is 1.94. The number of anilines is 1. The molecule has 0 aliphatic rings. The van der Waals surface area contributed by atoms with Crippen molar-refractivity contribution in [2.75, 3.05) is 5.32 Å². The standard InChI is InChI=1S/C16H19NO2/c1-11-6-5-7-12-10-13(8-9-14(11)12)17-15(18)19-16(2,3)4/h5-10H,1-4H3,(H,17,18). The topological polar surface area (TPSA) is 38.3 Å². The summed E-state index contributed by atoms with van der Waals surface area (Å²) in [6.07, 6.45) is -0.431. The molecule has 0 heterocycles. The van der Waals surface area contributed by atoms with Crippen LogP contribution >= 0.6 is 0 Å². The fraction of sp³-hybridized carbons (Fsp3) is 0.312. The first-order chi connectivity index (χ1) is 8.85. The molecule has 19 heavy (non-hydrogen) atoms. The second-order valence-corrected chi connectivity index (χ2v) is 5.64. The molecule has 0 atom stereocenters. The van der Waals surface area contributed by atoms with Crippen LogP contribution in [0.25, 0.3) is 10.8 Å². The van der Waals surface area contributed by atoms with E-state index in [0.29, 0.717) is 0 Å². The summed E-state index contributed by atoms with van der Waals surface area (Å²) in [5, 5.41) is 5.05. The molecular weight excluding hydrogens is 238 g/mol. The molecule has 0 unspecified atom stereocenters. The number of fused-ring (bicyclic) bond motifs is 1. The van der Waals surface area contributed by atoms with Gasteiger partial charge < -0.3 is 4.74 Å². The van der Waals surface area contributed by atoms with Crippen LogP contribution < -0.4 is 5.32 Å². The maximum absolute atomic E-state index is 11.7. The van der Waals surface area contributed by atoms with Gasteiger partial charge in [-0.2, -0.15) is 0 Å². The first-order valence-electron chi connectivity index (χ1n) is 6.34. The number of benzene rings is 2. The molecule has 1 amide bonds. The van der Waals surface area contributed by atoms with Crippen LogP contribution in [0.5, 0.6) is 0 Å². The van der Waals surface area contributed by atoms with E-state index in [-0.39, 0.29) is 0 Å². The third-order valence-electron chi connectivity index (χ3n) is 2.74. The number of carbonyl (C=O) groups is 1. The maximum Gasteiger partial charge on any atom is 0.412 e. The van der Waals surface area contributed by atoms with Gasteiger partial charge in [0.05, 0.1) is 0 Å². The summed E-state index contributed by atoms with van der Waals surface area (Å²) in [7, 11) is 0. The number of nitrogens with one attached hydrogen (secondary N) is 1. The van der Waals surface area contributed by atoms with Gasteiger partial charge in [-0.1, -0.05) is 24.3 Å². The zero-order valence-electron chi connectivity index (χ0n) is 11.8. The lowest BCUT2D eigenvalue weighted by atomic mass is 10.1. The van der Waals surface area contributed by atoms with Crippen LogP contribution in [-0.4, -0.2) is 11.7 Å². The Hall–Kier alpha value is -2.03. The van der Waals surface area contributed by atoms with E-state index in [1.54, 1.807) is 0 Å². The van der Waals surface area contributed by atoms with Crippen LogP contribution in [0, 0.1) is 6.92 Å². The molecular formula is C16H19NO2. The predicted molar refractivity (Wildman–Crippen MR) is 78.5 cm³/mol. The molecule has 2 aromatic rings. The van der Waals surface area contributed by atoms with Gasteiger partial charge in [0, 0.05) is 5.69 Å². The molecule has 2 aromatic carbocycles. The van der Waals surface area contributed by atoms with Crippen LogP contribution in [-0.2, 0) is 4.74 Å². The van der Waals surface area contributed by atoms with Crippen molar-refractivity contribution < 1.29 is 9.53 Å². The summed E-state index contributed by atoms with van der Waals surface area (Å²) in [5.74, 6) is 0. The first-order valence-corrected chi connectivity index (χ1v) is 6.34. The molecule has 0 aromatic heterocycles. The van der Waals surface area contributed by atoms with Crippen molar-refractivity contribution in [2.45, 2.75) is 33.3 Å². The predicted octanol–water partition coefficient (Wildman–Crippen LogP) is 4.50. The highest BCUT2D eigenvalue weighted by molar-refractivity contribution is 5.92. The lowest BCUT2D eigenvalue weighted by molar-refractivity contribution is 0.0636. The second-order valence-electron chi connectivity index (χ2n) is 5.64. The van der Waals surface area contributed by atoms with Gasteiger partial charge >= 0.3 is 6.09 Å². The smallest absolute Gasteiger partial charge is 0.412 e. The van der Waals surface area contributed by atoms with E-state index >= 15 is 0 Å². The Kier molecular flexibility index (Phi) is 3.47. The van der Waals surface area contributed by atoms with Crippen LogP contribution in [0.2, 0.25) is 0 Å². The van der Waals surface area contributed by atoms with E-state index in [4.69, 9.17) is 4.74 Å². The zero-order chi connectivity index (χ0) is 14.0. The molecule has 0 saturated heterocycles. The molecule has 0 bridgehead atoms. The van der Waals surface area contributed by atoms with E-state index in [0.717, 1.165) is 11.1 Å². The third-order valence-corrected chi connectivity index (χ3v) is 2.74. The third kappa shape index (κ3) is 3.47. The van der Waals surface area contributed by atoms with Gasteiger partial charge in [0.2, 0.25) is 0 Å². The Morgan fingerprint density at radius 3 is 2.58 bits per heavy atom. The number of amides is 1. The van der Waals surface area contributed by atoms with E-state index in [9.17, 15) is 4.79 Å². The van der Waals surface area contributed by atoms with Gasteiger partial charge in [0.15, 0.2) is 0 Å². The molecule has 3 nitrogen and oxygen atoms in total. The van der Waals surface area contributed by atoms with Crippen LogP contribution in [0.15, 0.2) is 36.4 Å². The van der Waals surface area contributed by atoms with Gasteiger partial charge in [-0.3, -0.25) is 5.32 Å². The van der Waals surface area contributed by atoms with Gasteiger partial charge in [0.1, 0.15) is 5.60 Å². The van der Waals surface area contributed by atoms with Crippen molar-refractivity contribution in [1.29, 1.82) is 0 Å². The van der Waals surface area contributed by atoms with Gasteiger partial charge in [-0.15, -0.1) is 0 Å². The first kappa shape index (κ1) is 13.4. The van der Waals surface area contributed by atoms with Crippen molar-refractivity contribution in [3.05, 3.63) is 42.0 Å².